The molecule has 2 aromatic carbocycles. The number of aliphatic hydroxyl groups is 1. The van der Waals surface area contributed by atoms with Crippen LogP contribution >= 0.6 is 11.3 Å². The Morgan fingerprint density at radius 2 is 1.75 bits per heavy atom. The monoisotopic (exact) mass is 626 g/mol. The molecular formula is C33H40F2N4O4S. The molecule has 11 heteroatoms. The molecule has 44 heavy (non-hydrogen) atoms. The number of nitrogens with one attached hydrogen (secondary N) is 2. The molecule has 3 N–H and O–H groups in total. The van der Waals surface area contributed by atoms with E-state index in [1.165, 1.54) is 17.4 Å². The van der Waals surface area contributed by atoms with Crippen LogP contribution in [-0.4, -0.2) is 83.5 Å². The molecule has 3 aromatic rings. The van der Waals surface area contributed by atoms with Gasteiger partial charge in [-0.25, -0.2) is 8.78 Å². The zero-order valence-electron chi connectivity index (χ0n) is 25.3. The molecule has 2 heterocycles. The van der Waals surface area contributed by atoms with Gasteiger partial charge in [-0.1, -0.05) is 19.9 Å². The van der Waals surface area contributed by atoms with Crippen molar-refractivity contribution in [1.82, 2.24) is 20.4 Å². The van der Waals surface area contributed by atoms with E-state index >= 15 is 0 Å². The summed E-state index contributed by atoms with van der Waals surface area (Å²) in [6, 6.07) is 9.95. The number of rotatable bonds is 12. The van der Waals surface area contributed by atoms with Crippen molar-refractivity contribution in [1.29, 1.82) is 0 Å². The van der Waals surface area contributed by atoms with Gasteiger partial charge in [-0.3, -0.25) is 14.4 Å². The van der Waals surface area contributed by atoms with Crippen LogP contribution in [0, 0.1) is 18.6 Å². The van der Waals surface area contributed by atoms with Gasteiger partial charge in [-0.05, 0) is 79.1 Å². The number of hydrogen-bond acceptors (Lipinski definition) is 6. The predicted octanol–water partition coefficient (Wildman–Crippen LogP) is 4.41. The third-order valence-electron chi connectivity index (χ3n) is 7.60. The van der Waals surface area contributed by atoms with Crippen LogP contribution in [0.15, 0.2) is 53.9 Å². The summed E-state index contributed by atoms with van der Waals surface area (Å²) < 4.78 is 28.2. The lowest BCUT2D eigenvalue weighted by atomic mass is 9.94. The number of hydrogen-bond donors (Lipinski definition) is 3. The molecule has 1 saturated heterocycles. The average molecular weight is 627 g/mol. The summed E-state index contributed by atoms with van der Waals surface area (Å²) in [4.78, 5) is 44.0. The fourth-order valence-corrected chi connectivity index (χ4v) is 6.29. The highest BCUT2D eigenvalue weighted by Crippen LogP contribution is 2.19. The average Bonchev–Trinajstić information content (AvgIpc) is 3.54. The molecule has 0 bridgehead atoms. The minimum absolute atomic E-state index is 0.0724. The second kappa shape index (κ2) is 15.4. The van der Waals surface area contributed by atoms with Crippen molar-refractivity contribution in [2.75, 3.05) is 32.7 Å². The molecule has 3 amide bonds. The topological polar surface area (TPSA) is 102 Å². The number of aryl methyl sites for hydroxylation is 1. The number of benzene rings is 2. The van der Waals surface area contributed by atoms with Crippen molar-refractivity contribution in [3.63, 3.8) is 0 Å². The highest BCUT2D eigenvalue weighted by atomic mass is 32.1. The Morgan fingerprint density at radius 1 is 1.07 bits per heavy atom. The first-order valence-corrected chi connectivity index (χ1v) is 15.9. The van der Waals surface area contributed by atoms with E-state index in [4.69, 9.17) is 0 Å². The van der Waals surface area contributed by atoms with Gasteiger partial charge in [-0.15, -0.1) is 11.3 Å². The van der Waals surface area contributed by atoms with Crippen LogP contribution in [0.3, 0.4) is 0 Å². The molecule has 1 fully saturated rings. The van der Waals surface area contributed by atoms with Crippen LogP contribution in [0.4, 0.5) is 8.78 Å². The largest absolute Gasteiger partial charge is 0.389 e. The molecule has 4 rings (SSSR count). The van der Waals surface area contributed by atoms with Crippen LogP contribution in [0.25, 0.3) is 0 Å². The van der Waals surface area contributed by atoms with Crippen molar-refractivity contribution in [2.24, 2.45) is 0 Å². The Kier molecular flexibility index (Phi) is 11.6. The maximum atomic E-state index is 14.1. The number of halogens is 2. The van der Waals surface area contributed by atoms with Gasteiger partial charge < -0.3 is 25.5 Å². The Hall–Kier alpha value is -3.67. The van der Waals surface area contributed by atoms with Gasteiger partial charge in [0.15, 0.2) is 0 Å². The van der Waals surface area contributed by atoms with Gasteiger partial charge in [0.25, 0.3) is 17.7 Å². The van der Waals surface area contributed by atoms with Crippen LogP contribution < -0.4 is 10.6 Å². The Bertz CT molecular complexity index is 1430. The van der Waals surface area contributed by atoms with Crippen LogP contribution in [0.2, 0.25) is 0 Å². The minimum Gasteiger partial charge on any atom is -0.389 e. The van der Waals surface area contributed by atoms with E-state index in [1.54, 1.807) is 41.0 Å². The molecule has 0 saturated carbocycles. The maximum absolute atomic E-state index is 14.1. The Morgan fingerprint density at radius 3 is 2.39 bits per heavy atom. The molecule has 3 atom stereocenters. The van der Waals surface area contributed by atoms with Crippen molar-refractivity contribution >= 4 is 29.1 Å². The molecule has 236 valence electrons. The summed E-state index contributed by atoms with van der Waals surface area (Å²) in [5, 5.41) is 19.5. The lowest BCUT2D eigenvalue weighted by Crippen LogP contribution is -2.62. The third-order valence-corrected chi connectivity index (χ3v) is 8.46. The SMILES string of the molecule is CCCN(CCC)C(=O)c1cc(C)cc(C(=O)N[C@@H](Cc2cc(F)cc(F)c2)[C@H](O)[C@H]2CN(C(=O)c3cccs3)CCN2)c1. The van der Waals surface area contributed by atoms with Gasteiger partial charge in [0, 0.05) is 49.9 Å². The summed E-state index contributed by atoms with van der Waals surface area (Å²) in [5.41, 5.74) is 1.59. The lowest BCUT2D eigenvalue weighted by molar-refractivity contribution is 0.0411. The second-order valence-electron chi connectivity index (χ2n) is 11.2. The molecule has 1 aromatic heterocycles. The summed E-state index contributed by atoms with van der Waals surface area (Å²) in [6.07, 6.45) is 0.310. The summed E-state index contributed by atoms with van der Waals surface area (Å²) in [5.74, 6) is -2.39. The van der Waals surface area contributed by atoms with Crippen molar-refractivity contribution in [3.05, 3.63) is 92.7 Å². The molecular weight excluding hydrogens is 586 g/mol. The van der Waals surface area contributed by atoms with Gasteiger partial charge >= 0.3 is 0 Å². The molecule has 1 aliphatic rings. The first-order valence-electron chi connectivity index (χ1n) is 15.0. The Labute approximate surface area is 261 Å². The fourth-order valence-electron chi connectivity index (χ4n) is 5.59. The van der Waals surface area contributed by atoms with E-state index in [1.807, 2.05) is 19.2 Å². The van der Waals surface area contributed by atoms with Gasteiger partial charge in [-0.2, -0.15) is 0 Å². The van der Waals surface area contributed by atoms with Crippen LogP contribution in [0.1, 0.15) is 68.2 Å². The molecule has 0 unspecified atom stereocenters. The lowest BCUT2D eigenvalue weighted by Gasteiger charge is -2.38. The first-order chi connectivity index (χ1) is 21.1. The van der Waals surface area contributed by atoms with Gasteiger partial charge in [0.05, 0.1) is 23.1 Å². The van der Waals surface area contributed by atoms with Crippen LogP contribution in [0.5, 0.6) is 0 Å². The summed E-state index contributed by atoms with van der Waals surface area (Å²) >= 11 is 1.33. The predicted molar refractivity (Wildman–Crippen MR) is 167 cm³/mol. The second-order valence-corrected chi connectivity index (χ2v) is 12.2. The van der Waals surface area contributed by atoms with Crippen LogP contribution in [-0.2, 0) is 6.42 Å². The number of amides is 3. The van der Waals surface area contributed by atoms with E-state index in [0.29, 0.717) is 36.6 Å². The highest BCUT2D eigenvalue weighted by Gasteiger charge is 2.34. The van der Waals surface area contributed by atoms with E-state index in [2.05, 4.69) is 10.6 Å². The standard InChI is InChI=1S/C33H40F2N4O4S/c1-4-9-38(10-5-2)32(42)24-14-21(3)13-23(18-24)31(41)37-27(17-22-15-25(34)19-26(35)16-22)30(40)28-20-39(11-8-36-28)33(43)29-7-6-12-44-29/h6-7,12-16,18-19,27-28,30,36,40H,4-5,8-11,17,20H2,1-3H3,(H,37,41)/t27-,28+,30-/m0/s1. The number of aliphatic hydroxyl groups excluding tert-OH is 1. The molecule has 8 nitrogen and oxygen atoms in total. The van der Waals surface area contributed by atoms with Crippen molar-refractivity contribution < 1.29 is 28.3 Å². The smallest absolute Gasteiger partial charge is 0.264 e. The zero-order valence-corrected chi connectivity index (χ0v) is 26.1. The molecule has 1 aliphatic heterocycles. The third kappa shape index (κ3) is 8.49. The van der Waals surface area contributed by atoms with Gasteiger partial charge in [0.1, 0.15) is 11.6 Å². The molecule has 0 radical (unpaired) electrons. The van der Waals surface area contributed by atoms with Gasteiger partial charge in [0.2, 0.25) is 0 Å². The summed E-state index contributed by atoms with van der Waals surface area (Å²) in [7, 11) is 0. The minimum atomic E-state index is -1.22. The number of piperazine rings is 1. The van der Waals surface area contributed by atoms with E-state index in [9.17, 15) is 28.3 Å². The van der Waals surface area contributed by atoms with Crippen molar-refractivity contribution in [2.45, 2.75) is 58.2 Å². The number of carbonyl (C=O) groups excluding carboxylic acids is 3. The normalized spacial score (nSPS) is 16.3. The van der Waals surface area contributed by atoms with E-state index < -0.39 is 35.7 Å². The highest BCUT2D eigenvalue weighted by molar-refractivity contribution is 7.12. The number of carbonyl (C=O) groups is 3. The number of thiophene rings is 1. The maximum Gasteiger partial charge on any atom is 0.264 e. The molecule has 0 spiro atoms. The fraction of sp³-hybridized carbons (Fsp3) is 0.424. The summed E-state index contributed by atoms with van der Waals surface area (Å²) in [6.45, 7) is 8.03. The molecule has 0 aliphatic carbocycles. The zero-order chi connectivity index (χ0) is 31.8. The van der Waals surface area contributed by atoms with E-state index in [0.717, 1.165) is 36.6 Å². The Balaban J connectivity index is 1.59. The van der Waals surface area contributed by atoms with E-state index in [-0.39, 0.29) is 35.9 Å². The first kappa shape index (κ1) is 33.2. The van der Waals surface area contributed by atoms with Crippen molar-refractivity contribution in [3.8, 4) is 0 Å². The number of nitrogens with zero attached hydrogens (tertiary/aromatic N) is 2. The quantitative estimate of drug-likeness (QED) is 0.277.